The zero-order valence-corrected chi connectivity index (χ0v) is 16.7. The monoisotopic (exact) mass is 381 g/mol. The normalized spacial score (nSPS) is 17.0. The highest BCUT2D eigenvalue weighted by atomic mass is 16.5. The van der Waals surface area contributed by atoms with Crippen molar-refractivity contribution in [3.8, 4) is 16.9 Å². The van der Waals surface area contributed by atoms with Crippen LogP contribution in [-0.2, 0) is 4.79 Å². The van der Waals surface area contributed by atoms with Gasteiger partial charge in [0.15, 0.2) is 0 Å². The average molecular weight is 381 g/mol. The van der Waals surface area contributed by atoms with Crippen LogP contribution < -0.4 is 4.74 Å². The summed E-state index contributed by atoms with van der Waals surface area (Å²) in [6.45, 7) is 3.23. The summed E-state index contributed by atoms with van der Waals surface area (Å²) in [4.78, 5) is 33.3. The molecule has 6 nitrogen and oxygen atoms in total. The van der Waals surface area contributed by atoms with Crippen LogP contribution in [-0.4, -0.2) is 59.9 Å². The van der Waals surface area contributed by atoms with Crippen molar-refractivity contribution in [3.63, 3.8) is 0 Å². The number of methoxy groups -OCH3 is 1. The molecule has 0 unspecified atom stereocenters. The molecule has 2 heterocycles. The number of rotatable bonds is 6. The molecule has 148 valence electrons. The van der Waals surface area contributed by atoms with Gasteiger partial charge >= 0.3 is 0 Å². The molecule has 1 atom stereocenters. The van der Waals surface area contributed by atoms with E-state index in [0.717, 1.165) is 24.0 Å². The standard InChI is InChI=1S/C22H27N3O3/c1-4-5-6-20-22(27)24(2)11-12-25(20)21(26)17-9-7-16(8-10-17)18-13-19(28-3)15-23-14-18/h7-10,13-15,20H,4-6,11-12H2,1-3H3/t20-/m0/s1. The van der Waals surface area contributed by atoms with E-state index in [4.69, 9.17) is 4.74 Å². The molecule has 1 fully saturated rings. The molecule has 0 spiro atoms. The summed E-state index contributed by atoms with van der Waals surface area (Å²) in [5, 5.41) is 0. The third-order valence-electron chi connectivity index (χ3n) is 5.22. The molecular weight excluding hydrogens is 354 g/mol. The molecule has 1 saturated heterocycles. The molecule has 28 heavy (non-hydrogen) atoms. The Morgan fingerprint density at radius 3 is 2.61 bits per heavy atom. The van der Waals surface area contributed by atoms with Gasteiger partial charge in [0.2, 0.25) is 5.91 Å². The summed E-state index contributed by atoms with van der Waals surface area (Å²) < 4.78 is 5.22. The molecule has 1 aliphatic heterocycles. The second-order valence-corrected chi connectivity index (χ2v) is 7.11. The molecule has 1 aromatic carbocycles. The van der Waals surface area contributed by atoms with Crippen LogP contribution in [0.5, 0.6) is 5.75 Å². The molecule has 2 amide bonds. The number of pyridine rings is 1. The maximum atomic E-state index is 13.1. The van der Waals surface area contributed by atoms with Gasteiger partial charge in [0.25, 0.3) is 5.91 Å². The molecule has 0 saturated carbocycles. The lowest BCUT2D eigenvalue weighted by atomic mass is 10.0. The summed E-state index contributed by atoms with van der Waals surface area (Å²) in [6.07, 6.45) is 6.05. The van der Waals surface area contributed by atoms with Crippen LogP contribution in [0.25, 0.3) is 11.1 Å². The Kier molecular flexibility index (Phi) is 6.29. The van der Waals surface area contributed by atoms with Crippen LogP contribution in [0.1, 0.15) is 36.5 Å². The van der Waals surface area contributed by atoms with Crippen molar-refractivity contribution in [3.05, 3.63) is 48.3 Å². The summed E-state index contributed by atoms with van der Waals surface area (Å²) in [5.41, 5.74) is 2.48. The van der Waals surface area contributed by atoms with E-state index >= 15 is 0 Å². The maximum Gasteiger partial charge on any atom is 0.254 e. The van der Waals surface area contributed by atoms with Crippen molar-refractivity contribution in [1.29, 1.82) is 0 Å². The summed E-state index contributed by atoms with van der Waals surface area (Å²) >= 11 is 0. The van der Waals surface area contributed by atoms with Crippen LogP contribution in [0.2, 0.25) is 0 Å². The van der Waals surface area contributed by atoms with E-state index in [1.54, 1.807) is 36.4 Å². The van der Waals surface area contributed by atoms with E-state index in [1.165, 1.54) is 0 Å². The van der Waals surface area contributed by atoms with E-state index in [9.17, 15) is 9.59 Å². The quantitative estimate of drug-likeness (QED) is 0.771. The number of likely N-dealkylation sites (N-methyl/N-ethyl adjacent to an activating group) is 1. The minimum Gasteiger partial charge on any atom is -0.495 e. The fourth-order valence-corrected chi connectivity index (χ4v) is 3.49. The topological polar surface area (TPSA) is 62.7 Å². The predicted octanol–water partition coefficient (Wildman–Crippen LogP) is 3.23. The van der Waals surface area contributed by atoms with Crippen molar-refractivity contribution in [2.75, 3.05) is 27.2 Å². The number of unbranched alkanes of at least 4 members (excludes halogenated alkanes) is 1. The first-order chi connectivity index (χ1) is 13.5. The minimum absolute atomic E-state index is 0.0344. The molecular formula is C22H27N3O3. The molecule has 0 N–H and O–H groups in total. The number of carbonyl (C=O) groups excluding carboxylic acids is 2. The van der Waals surface area contributed by atoms with Gasteiger partial charge in [-0.1, -0.05) is 31.9 Å². The Labute approximate surface area is 166 Å². The maximum absolute atomic E-state index is 13.1. The van der Waals surface area contributed by atoms with Gasteiger partial charge in [-0.05, 0) is 30.2 Å². The largest absolute Gasteiger partial charge is 0.495 e. The number of ether oxygens (including phenoxy) is 1. The van der Waals surface area contributed by atoms with E-state index in [0.29, 0.717) is 30.8 Å². The van der Waals surface area contributed by atoms with Crippen molar-refractivity contribution in [2.24, 2.45) is 0 Å². The summed E-state index contributed by atoms with van der Waals surface area (Å²) in [6, 6.07) is 8.98. The van der Waals surface area contributed by atoms with E-state index < -0.39 is 0 Å². The van der Waals surface area contributed by atoms with E-state index in [1.807, 2.05) is 30.3 Å². The molecule has 2 aromatic rings. The number of benzene rings is 1. The Hall–Kier alpha value is -2.89. The fraction of sp³-hybridized carbons (Fsp3) is 0.409. The molecule has 1 aromatic heterocycles. The van der Waals surface area contributed by atoms with Gasteiger partial charge in [-0.2, -0.15) is 0 Å². The zero-order valence-electron chi connectivity index (χ0n) is 16.7. The molecule has 3 rings (SSSR count). The van der Waals surface area contributed by atoms with Crippen LogP contribution in [0.15, 0.2) is 42.7 Å². The highest BCUT2D eigenvalue weighted by Gasteiger charge is 2.35. The number of amides is 2. The Bertz CT molecular complexity index is 835. The predicted molar refractivity (Wildman–Crippen MR) is 108 cm³/mol. The van der Waals surface area contributed by atoms with Gasteiger partial charge in [-0.25, -0.2) is 0 Å². The molecule has 0 bridgehead atoms. The summed E-state index contributed by atoms with van der Waals surface area (Å²) in [5.74, 6) is 0.636. The zero-order chi connectivity index (χ0) is 20.1. The number of hydrogen-bond donors (Lipinski definition) is 0. The van der Waals surface area contributed by atoms with Crippen molar-refractivity contribution in [1.82, 2.24) is 14.8 Å². The van der Waals surface area contributed by atoms with Crippen LogP contribution >= 0.6 is 0 Å². The first-order valence-electron chi connectivity index (χ1n) is 9.70. The van der Waals surface area contributed by atoms with E-state index in [-0.39, 0.29) is 17.9 Å². The fourth-order valence-electron chi connectivity index (χ4n) is 3.49. The van der Waals surface area contributed by atoms with Gasteiger partial charge in [0.05, 0.1) is 13.3 Å². The van der Waals surface area contributed by atoms with Gasteiger partial charge < -0.3 is 14.5 Å². The number of piperazine rings is 1. The first kappa shape index (κ1) is 19.9. The SMILES string of the molecule is CCCC[C@H]1C(=O)N(C)CCN1C(=O)c1ccc(-c2cncc(OC)c2)cc1. The number of aromatic nitrogens is 1. The number of hydrogen-bond acceptors (Lipinski definition) is 4. The Morgan fingerprint density at radius 1 is 1.18 bits per heavy atom. The third kappa shape index (κ3) is 4.16. The van der Waals surface area contributed by atoms with Crippen molar-refractivity contribution >= 4 is 11.8 Å². The van der Waals surface area contributed by atoms with Gasteiger partial charge in [-0.15, -0.1) is 0 Å². The van der Waals surface area contributed by atoms with E-state index in [2.05, 4.69) is 11.9 Å². The molecule has 1 aliphatic rings. The third-order valence-corrected chi connectivity index (χ3v) is 5.22. The molecule has 6 heteroatoms. The van der Waals surface area contributed by atoms with Crippen LogP contribution in [0.4, 0.5) is 0 Å². The molecule has 0 aliphatic carbocycles. The van der Waals surface area contributed by atoms with Crippen molar-refractivity contribution < 1.29 is 14.3 Å². The number of carbonyl (C=O) groups is 2. The van der Waals surface area contributed by atoms with Crippen LogP contribution in [0, 0.1) is 0 Å². The Balaban J connectivity index is 1.80. The van der Waals surface area contributed by atoms with Gasteiger partial charge in [0.1, 0.15) is 11.8 Å². The highest BCUT2D eigenvalue weighted by Crippen LogP contribution is 2.24. The lowest BCUT2D eigenvalue weighted by Gasteiger charge is -2.39. The lowest BCUT2D eigenvalue weighted by molar-refractivity contribution is -0.138. The second kappa shape index (κ2) is 8.87. The number of nitrogens with zero attached hydrogens (tertiary/aromatic N) is 3. The summed E-state index contributed by atoms with van der Waals surface area (Å²) in [7, 11) is 3.41. The Morgan fingerprint density at radius 2 is 1.93 bits per heavy atom. The minimum atomic E-state index is -0.367. The van der Waals surface area contributed by atoms with Gasteiger partial charge in [0, 0.05) is 37.5 Å². The smallest absolute Gasteiger partial charge is 0.254 e. The van der Waals surface area contributed by atoms with Crippen LogP contribution in [0.3, 0.4) is 0 Å². The first-order valence-corrected chi connectivity index (χ1v) is 9.70. The van der Waals surface area contributed by atoms with Crippen molar-refractivity contribution in [2.45, 2.75) is 32.2 Å². The van der Waals surface area contributed by atoms with Gasteiger partial charge in [-0.3, -0.25) is 14.6 Å². The lowest BCUT2D eigenvalue weighted by Crippen LogP contribution is -2.57. The second-order valence-electron chi connectivity index (χ2n) is 7.11. The highest BCUT2D eigenvalue weighted by molar-refractivity contribution is 5.98. The average Bonchev–Trinajstić information content (AvgIpc) is 2.74. The molecule has 0 radical (unpaired) electrons.